The number of thioether (sulfide) groups is 2. The van der Waals surface area contributed by atoms with E-state index in [0.717, 1.165) is 10.6 Å². The van der Waals surface area contributed by atoms with E-state index in [4.69, 9.17) is 5.11 Å². The van der Waals surface area contributed by atoms with Crippen LogP contribution in [0.5, 0.6) is 0 Å². The van der Waals surface area contributed by atoms with Gasteiger partial charge in [0, 0.05) is 10.6 Å². The van der Waals surface area contributed by atoms with Crippen molar-refractivity contribution in [2.75, 3.05) is 23.1 Å². The number of anilines is 1. The van der Waals surface area contributed by atoms with E-state index in [2.05, 4.69) is 5.32 Å². The molecule has 0 atom stereocenters. The maximum absolute atomic E-state index is 11.6. The summed E-state index contributed by atoms with van der Waals surface area (Å²) in [5, 5.41) is 11.3. The normalized spacial score (nSPS) is 10.1. The lowest BCUT2D eigenvalue weighted by Gasteiger charge is -2.08. The highest BCUT2D eigenvalue weighted by atomic mass is 32.2. The van der Waals surface area contributed by atoms with E-state index in [1.807, 2.05) is 30.5 Å². The van der Waals surface area contributed by atoms with Gasteiger partial charge in [-0.1, -0.05) is 12.1 Å². The average molecular weight is 285 g/mol. The third kappa shape index (κ3) is 5.46. The Kier molecular flexibility index (Phi) is 6.67. The van der Waals surface area contributed by atoms with Crippen LogP contribution in [0.25, 0.3) is 0 Å². The summed E-state index contributed by atoms with van der Waals surface area (Å²) >= 11 is 2.89. The summed E-state index contributed by atoms with van der Waals surface area (Å²) in [5.41, 5.74) is 0.800. The van der Waals surface area contributed by atoms with Crippen molar-refractivity contribution in [1.29, 1.82) is 0 Å². The Morgan fingerprint density at radius 2 is 2.06 bits per heavy atom. The van der Waals surface area contributed by atoms with Gasteiger partial charge < -0.3 is 10.4 Å². The summed E-state index contributed by atoms with van der Waals surface area (Å²) in [5.74, 6) is -0.217. The van der Waals surface area contributed by atoms with Crippen molar-refractivity contribution in [2.24, 2.45) is 0 Å². The van der Waals surface area contributed by atoms with Crippen molar-refractivity contribution < 1.29 is 14.7 Å². The Morgan fingerprint density at radius 3 is 2.72 bits per heavy atom. The minimum absolute atomic E-state index is 0.0827. The predicted octanol–water partition coefficient (Wildman–Crippen LogP) is 2.55. The number of benzene rings is 1. The number of carbonyl (C=O) groups excluding carboxylic acids is 1. The Bertz CT molecular complexity index is 424. The summed E-state index contributed by atoms with van der Waals surface area (Å²) in [6.45, 7) is 0. The molecule has 0 aromatic heterocycles. The van der Waals surface area contributed by atoms with E-state index < -0.39 is 5.97 Å². The van der Waals surface area contributed by atoms with Crippen LogP contribution in [0.4, 0.5) is 5.69 Å². The molecule has 0 aliphatic heterocycles. The van der Waals surface area contributed by atoms with Crippen LogP contribution in [0.3, 0.4) is 0 Å². The molecule has 2 N–H and O–H groups in total. The number of para-hydroxylation sites is 1. The highest BCUT2D eigenvalue weighted by Gasteiger charge is 2.06. The number of hydrogen-bond donors (Lipinski definition) is 2. The number of carboxylic acids is 1. The topological polar surface area (TPSA) is 66.4 Å². The first-order valence-corrected chi connectivity index (χ1v) is 7.74. The zero-order chi connectivity index (χ0) is 13.4. The van der Waals surface area contributed by atoms with Crippen LogP contribution in [0.15, 0.2) is 29.2 Å². The van der Waals surface area contributed by atoms with Gasteiger partial charge in [-0.15, -0.1) is 11.8 Å². The van der Waals surface area contributed by atoms with Crippen LogP contribution in [0.2, 0.25) is 0 Å². The highest BCUT2D eigenvalue weighted by molar-refractivity contribution is 8.00. The fraction of sp³-hybridized carbons (Fsp3) is 0.333. The largest absolute Gasteiger partial charge is 0.481 e. The van der Waals surface area contributed by atoms with Crippen molar-refractivity contribution >= 4 is 41.1 Å². The van der Waals surface area contributed by atoms with E-state index in [0.29, 0.717) is 5.75 Å². The van der Waals surface area contributed by atoms with E-state index >= 15 is 0 Å². The van der Waals surface area contributed by atoms with Gasteiger partial charge in [0.05, 0.1) is 17.9 Å². The predicted molar refractivity (Wildman–Crippen MR) is 76.4 cm³/mol. The summed E-state index contributed by atoms with van der Waals surface area (Å²) in [6.07, 6.45) is 2.03. The van der Waals surface area contributed by atoms with Crippen molar-refractivity contribution in [3.05, 3.63) is 24.3 Å². The first kappa shape index (κ1) is 14.9. The second-order valence-electron chi connectivity index (χ2n) is 3.44. The number of hydrogen-bond acceptors (Lipinski definition) is 4. The second kappa shape index (κ2) is 8.05. The van der Waals surface area contributed by atoms with E-state index in [-0.39, 0.29) is 18.1 Å². The lowest BCUT2D eigenvalue weighted by Crippen LogP contribution is -2.15. The quantitative estimate of drug-likeness (QED) is 0.595. The van der Waals surface area contributed by atoms with Gasteiger partial charge in [-0.3, -0.25) is 9.59 Å². The summed E-state index contributed by atoms with van der Waals surface area (Å²) < 4.78 is 0. The van der Waals surface area contributed by atoms with Gasteiger partial charge >= 0.3 is 5.97 Å². The first-order chi connectivity index (χ1) is 8.63. The maximum atomic E-state index is 11.6. The van der Waals surface area contributed by atoms with Crippen LogP contribution in [-0.4, -0.2) is 34.7 Å². The van der Waals surface area contributed by atoms with Crippen LogP contribution >= 0.6 is 23.5 Å². The van der Waals surface area contributed by atoms with Crippen LogP contribution in [0.1, 0.15) is 6.42 Å². The van der Waals surface area contributed by atoms with Crippen LogP contribution in [0, 0.1) is 0 Å². The smallest absolute Gasteiger partial charge is 0.304 e. The average Bonchev–Trinajstić information content (AvgIpc) is 2.35. The lowest BCUT2D eigenvalue weighted by atomic mass is 10.3. The molecule has 0 aliphatic carbocycles. The highest BCUT2D eigenvalue weighted by Crippen LogP contribution is 2.24. The Morgan fingerprint density at radius 1 is 1.33 bits per heavy atom. The van der Waals surface area contributed by atoms with Crippen molar-refractivity contribution in [2.45, 2.75) is 11.3 Å². The molecule has 0 saturated heterocycles. The standard InChI is InChI=1S/C12H15NO3S2/c1-17-10-5-3-2-4-9(10)13-11(14)8-18-7-6-12(15)16/h2-5H,6-8H2,1H3,(H,13,14)(H,15,16). The SMILES string of the molecule is CSc1ccccc1NC(=O)CSCCC(=O)O. The van der Waals surface area contributed by atoms with Gasteiger partial charge in [-0.25, -0.2) is 0 Å². The molecule has 4 nitrogen and oxygen atoms in total. The molecule has 6 heteroatoms. The van der Waals surface area contributed by atoms with Gasteiger partial charge in [-0.2, -0.15) is 11.8 Å². The molecule has 1 aromatic rings. The molecular weight excluding hydrogens is 270 g/mol. The van der Waals surface area contributed by atoms with E-state index in [1.54, 1.807) is 11.8 Å². The number of nitrogens with one attached hydrogen (secondary N) is 1. The molecule has 0 heterocycles. The zero-order valence-corrected chi connectivity index (χ0v) is 11.6. The third-order valence-corrected chi connectivity index (χ3v) is 3.83. The van der Waals surface area contributed by atoms with E-state index in [1.165, 1.54) is 11.8 Å². The Hall–Kier alpha value is -1.14. The second-order valence-corrected chi connectivity index (χ2v) is 5.40. The monoisotopic (exact) mass is 285 g/mol. The molecule has 0 aliphatic rings. The van der Waals surface area contributed by atoms with Gasteiger partial charge in [0.15, 0.2) is 0 Å². The van der Waals surface area contributed by atoms with Gasteiger partial charge in [-0.05, 0) is 18.4 Å². The molecule has 0 unspecified atom stereocenters. The molecule has 1 amide bonds. The summed E-state index contributed by atoms with van der Waals surface area (Å²) in [7, 11) is 0. The van der Waals surface area contributed by atoms with Crippen LogP contribution < -0.4 is 5.32 Å². The maximum Gasteiger partial charge on any atom is 0.304 e. The van der Waals surface area contributed by atoms with Gasteiger partial charge in [0.1, 0.15) is 0 Å². The third-order valence-electron chi connectivity index (χ3n) is 2.07. The molecule has 0 fully saturated rings. The number of carboxylic acid groups (broad SMARTS) is 1. The summed E-state index contributed by atoms with van der Waals surface area (Å²) in [4.78, 5) is 23.0. The molecule has 1 aromatic carbocycles. The number of aliphatic carboxylic acids is 1. The van der Waals surface area contributed by atoms with Gasteiger partial charge in [0.25, 0.3) is 0 Å². The fourth-order valence-electron chi connectivity index (χ4n) is 1.26. The Labute approximate surface area is 115 Å². The number of rotatable bonds is 7. The van der Waals surface area contributed by atoms with Gasteiger partial charge in [0.2, 0.25) is 5.91 Å². The minimum atomic E-state index is -0.837. The zero-order valence-electron chi connectivity index (χ0n) is 10.0. The summed E-state index contributed by atoms with van der Waals surface area (Å²) in [6, 6.07) is 7.58. The van der Waals surface area contributed by atoms with Crippen LogP contribution in [-0.2, 0) is 9.59 Å². The molecule has 0 bridgehead atoms. The first-order valence-electron chi connectivity index (χ1n) is 5.36. The lowest BCUT2D eigenvalue weighted by molar-refractivity contribution is -0.136. The molecular formula is C12H15NO3S2. The molecule has 0 spiro atoms. The minimum Gasteiger partial charge on any atom is -0.481 e. The van der Waals surface area contributed by atoms with Crippen molar-refractivity contribution in [3.8, 4) is 0 Å². The number of carbonyl (C=O) groups is 2. The fourth-order valence-corrected chi connectivity index (χ4v) is 2.53. The Balaban J connectivity index is 2.37. The van der Waals surface area contributed by atoms with E-state index in [9.17, 15) is 9.59 Å². The van der Waals surface area contributed by atoms with Crippen molar-refractivity contribution in [1.82, 2.24) is 0 Å². The van der Waals surface area contributed by atoms with Crippen molar-refractivity contribution in [3.63, 3.8) is 0 Å². The number of amides is 1. The molecule has 98 valence electrons. The molecule has 18 heavy (non-hydrogen) atoms. The molecule has 0 radical (unpaired) electrons. The molecule has 1 rings (SSSR count). The molecule has 0 saturated carbocycles.